The molecule has 0 aromatic carbocycles. The van der Waals surface area contributed by atoms with E-state index in [0.29, 0.717) is 32.2 Å². The van der Waals surface area contributed by atoms with Crippen molar-refractivity contribution in [3.05, 3.63) is 0 Å². The van der Waals surface area contributed by atoms with Crippen molar-refractivity contribution in [1.82, 2.24) is 15.5 Å². The number of amides is 1. The Morgan fingerprint density at radius 2 is 1.92 bits per heavy atom. The van der Waals surface area contributed by atoms with Gasteiger partial charge in [0.05, 0.1) is 18.9 Å². The topological polar surface area (TPSA) is 100 Å². The van der Waals surface area contributed by atoms with Gasteiger partial charge in [-0.25, -0.2) is 13.2 Å². The molecule has 1 fully saturated rings. The van der Waals surface area contributed by atoms with Crippen molar-refractivity contribution in [3.8, 4) is 0 Å². The Morgan fingerprint density at radius 1 is 1.25 bits per heavy atom. The second-order valence-corrected chi connectivity index (χ2v) is 8.07. The maximum absolute atomic E-state index is 11.7. The minimum absolute atomic E-state index is 0.0569. The SMILES string of the molecule is CCNC(=NCCS(=O)(=O)CC)NC1CCN(C(=O)OCC)CC1. The normalized spacial score (nSPS) is 16.8. The fraction of sp³-hybridized carbons (Fsp3) is 0.867. The van der Waals surface area contributed by atoms with Crippen molar-refractivity contribution in [2.45, 2.75) is 39.7 Å². The number of likely N-dealkylation sites (tertiary alicyclic amines) is 1. The molecule has 0 bridgehead atoms. The van der Waals surface area contributed by atoms with Crippen molar-refractivity contribution < 1.29 is 17.9 Å². The highest BCUT2D eigenvalue weighted by Crippen LogP contribution is 2.11. The zero-order chi connectivity index (χ0) is 18.0. The molecule has 1 heterocycles. The molecule has 8 nitrogen and oxygen atoms in total. The van der Waals surface area contributed by atoms with E-state index in [0.717, 1.165) is 12.8 Å². The molecule has 9 heteroatoms. The Labute approximate surface area is 144 Å². The minimum Gasteiger partial charge on any atom is -0.450 e. The summed E-state index contributed by atoms with van der Waals surface area (Å²) in [6, 6.07) is 0.205. The quantitative estimate of drug-likeness (QED) is 0.508. The zero-order valence-electron chi connectivity index (χ0n) is 14.9. The van der Waals surface area contributed by atoms with Crippen LogP contribution in [0.15, 0.2) is 4.99 Å². The predicted octanol–water partition coefficient (Wildman–Crippen LogP) is 0.597. The number of nitrogens with zero attached hydrogens (tertiary/aromatic N) is 2. The van der Waals surface area contributed by atoms with E-state index in [9.17, 15) is 13.2 Å². The lowest BCUT2D eigenvalue weighted by Crippen LogP contribution is -2.50. The van der Waals surface area contributed by atoms with Gasteiger partial charge in [-0.05, 0) is 26.7 Å². The number of piperidine rings is 1. The van der Waals surface area contributed by atoms with Crippen LogP contribution < -0.4 is 10.6 Å². The molecule has 0 aromatic heterocycles. The first-order valence-corrected chi connectivity index (χ1v) is 10.4. The monoisotopic (exact) mass is 362 g/mol. The molecule has 1 saturated heterocycles. The maximum Gasteiger partial charge on any atom is 0.409 e. The molecule has 1 amide bonds. The number of hydrogen-bond acceptors (Lipinski definition) is 5. The standard InChI is InChI=1S/C15H30N4O4S/c1-4-16-14(17-9-12-24(21,22)6-3)18-13-7-10-19(11-8-13)15(20)23-5-2/h13H,4-12H2,1-3H3,(H2,16,17,18). The smallest absolute Gasteiger partial charge is 0.409 e. The van der Waals surface area contributed by atoms with Crippen LogP contribution in [0, 0.1) is 0 Å². The third-order valence-electron chi connectivity index (χ3n) is 3.82. The number of rotatable bonds is 7. The van der Waals surface area contributed by atoms with Crippen LogP contribution in [0.2, 0.25) is 0 Å². The van der Waals surface area contributed by atoms with Gasteiger partial charge in [0.15, 0.2) is 15.8 Å². The summed E-state index contributed by atoms with van der Waals surface area (Å²) < 4.78 is 28.1. The maximum atomic E-state index is 11.7. The molecule has 0 atom stereocenters. The van der Waals surface area contributed by atoms with Crippen molar-refractivity contribution in [3.63, 3.8) is 0 Å². The predicted molar refractivity (Wildman–Crippen MR) is 95.1 cm³/mol. The number of aliphatic imine (C=N–C) groups is 1. The van der Waals surface area contributed by atoms with Crippen molar-refractivity contribution >= 4 is 21.9 Å². The van der Waals surface area contributed by atoms with Gasteiger partial charge < -0.3 is 20.3 Å². The number of sulfone groups is 1. The fourth-order valence-corrected chi connectivity index (χ4v) is 3.03. The van der Waals surface area contributed by atoms with Gasteiger partial charge in [0.2, 0.25) is 0 Å². The highest BCUT2D eigenvalue weighted by atomic mass is 32.2. The molecule has 24 heavy (non-hydrogen) atoms. The fourth-order valence-electron chi connectivity index (χ4n) is 2.38. The van der Waals surface area contributed by atoms with Crippen LogP contribution in [0.4, 0.5) is 4.79 Å². The lowest BCUT2D eigenvalue weighted by Gasteiger charge is -2.32. The lowest BCUT2D eigenvalue weighted by atomic mass is 10.1. The lowest BCUT2D eigenvalue weighted by molar-refractivity contribution is 0.0963. The number of carbonyl (C=O) groups is 1. The van der Waals surface area contributed by atoms with Gasteiger partial charge >= 0.3 is 6.09 Å². The molecule has 0 radical (unpaired) electrons. The Bertz CT molecular complexity index is 514. The van der Waals surface area contributed by atoms with E-state index >= 15 is 0 Å². The second kappa shape index (κ2) is 10.4. The summed E-state index contributed by atoms with van der Waals surface area (Å²) in [5.41, 5.74) is 0. The summed E-state index contributed by atoms with van der Waals surface area (Å²) in [6.07, 6.45) is 1.34. The number of carbonyl (C=O) groups excluding carboxylic acids is 1. The first-order chi connectivity index (χ1) is 11.4. The summed E-state index contributed by atoms with van der Waals surface area (Å²) in [4.78, 5) is 17.7. The van der Waals surface area contributed by atoms with Gasteiger partial charge in [-0.2, -0.15) is 0 Å². The highest BCUT2D eigenvalue weighted by molar-refractivity contribution is 7.91. The molecule has 1 aliphatic heterocycles. The van der Waals surface area contributed by atoms with Crippen molar-refractivity contribution in [1.29, 1.82) is 0 Å². The van der Waals surface area contributed by atoms with Gasteiger partial charge in [0.1, 0.15) is 0 Å². The molecule has 0 aliphatic carbocycles. The van der Waals surface area contributed by atoms with Gasteiger partial charge in [-0.15, -0.1) is 0 Å². The highest BCUT2D eigenvalue weighted by Gasteiger charge is 2.24. The molecule has 0 saturated carbocycles. The summed E-state index contributed by atoms with van der Waals surface area (Å²) in [7, 11) is -3.01. The van der Waals surface area contributed by atoms with Crippen molar-refractivity contribution in [2.75, 3.05) is 44.3 Å². The van der Waals surface area contributed by atoms with E-state index < -0.39 is 9.84 Å². The van der Waals surface area contributed by atoms with E-state index in [1.54, 1.807) is 18.7 Å². The molecular weight excluding hydrogens is 332 g/mol. The molecule has 0 spiro atoms. The van der Waals surface area contributed by atoms with Gasteiger partial charge in [0, 0.05) is 31.4 Å². The molecule has 0 unspecified atom stereocenters. The molecule has 0 aromatic rings. The van der Waals surface area contributed by atoms with Gasteiger partial charge in [0.25, 0.3) is 0 Å². The van der Waals surface area contributed by atoms with Crippen molar-refractivity contribution in [2.24, 2.45) is 4.99 Å². The van der Waals surface area contributed by atoms with Crippen LogP contribution in [0.1, 0.15) is 33.6 Å². The first-order valence-electron chi connectivity index (χ1n) is 8.58. The van der Waals surface area contributed by atoms with Crippen LogP contribution in [-0.2, 0) is 14.6 Å². The summed E-state index contributed by atoms with van der Waals surface area (Å²) in [5.74, 6) is 0.818. The summed E-state index contributed by atoms with van der Waals surface area (Å²) >= 11 is 0. The number of hydrogen-bond donors (Lipinski definition) is 2. The van der Waals surface area contributed by atoms with Crippen LogP contribution in [0.3, 0.4) is 0 Å². The average molecular weight is 362 g/mol. The Kier molecular flexibility index (Phi) is 8.88. The summed E-state index contributed by atoms with van der Waals surface area (Å²) in [6.45, 7) is 8.00. The summed E-state index contributed by atoms with van der Waals surface area (Å²) in [5, 5.41) is 6.45. The Balaban J connectivity index is 2.47. The largest absolute Gasteiger partial charge is 0.450 e. The van der Waals surface area contributed by atoms with Crippen LogP contribution >= 0.6 is 0 Å². The number of ether oxygens (including phenoxy) is 1. The van der Waals surface area contributed by atoms with E-state index in [2.05, 4.69) is 15.6 Å². The third kappa shape index (κ3) is 7.37. The Morgan fingerprint density at radius 3 is 2.46 bits per heavy atom. The average Bonchev–Trinajstić information content (AvgIpc) is 2.56. The van der Waals surface area contributed by atoms with Gasteiger partial charge in [-0.3, -0.25) is 4.99 Å². The van der Waals surface area contributed by atoms with E-state index in [-0.39, 0.29) is 30.2 Å². The number of nitrogens with one attached hydrogen (secondary N) is 2. The first kappa shape index (κ1) is 20.5. The van der Waals surface area contributed by atoms with Crippen LogP contribution in [0.25, 0.3) is 0 Å². The molecule has 1 aliphatic rings. The van der Waals surface area contributed by atoms with Gasteiger partial charge in [-0.1, -0.05) is 6.92 Å². The van der Waals surface area contributed by atoms with E-state index in [1.165, 1.54) is 0 Å². The molecular formula is C15H30N4O4S. The van der Waals surface area contributed by atoms with Crippen LogP contribution in [0.5, 0.6) is 0 Å². The second-order valence-electron chi connectivity index (χ2n) is 5.60. The van der Waals surface area contributed by atoms with Crippen LogP contribution in [-0.4, -0.2) is 75.7 Å². The minimum atomic E-state index is -3.01. The Hall–Kier alpha value is -1.51. The number of guanidine groups is 1. The molecule has 1 rings (SSSR count). The van der Waals surface area contributed by atoms with E-state index in [1.807, 2.05) is 6.92 Å². The molecule has 140 valence electrons. The zero-order valence-corrected chi connectivity index (χ0v) is 15.7. The molecule has 2 N–H and O–H groups in total. The van der Waals surface area contributed by atoms with E-state index in [4.69, 9.17) is 4.74 Å². The third-order valence-corrected chi connectivity index (χ3v) is 5.50.